The van der Waals surface area contributed by atoms with Crippen molar-refractivity contribution in [2.75, 3.05) is 36.2 Å². The monoisotopic (exact) mass is 810 g/mol. The number of likely N-dealkylation sites (tertiary alicyclic amines) is 1. The summed E-state index contributed by atoms with van der Waals surface area (Å²) in [6, 6.07) is 13.2. The fraction of sp³-hybridized carbons (Fsp3) is 0.463. The molecule has 57 heavy (non-hydrogen) atoms. The van der Waals surface area contributed by atoms with E-state index in [0.717, 1.165) is 30.5 Å². The molecule has 5 rings (SSSR count). The Morgan fingerprint density at radius 1 is 1.07 bits per heavy atom. The van der Waals surface area contributed by atoms with Gasteiger partial charge in [-0.2, -0.15) is 18.4 Å². The van der Waals surface area contributed by atoms with E-state index in [0.29, 0.717) is 54.6 Å². The highest BCUT2D eigenvalue weighted by Gasteiger charge is 2.52. The summed E-state index contributed by atoms with van der Waals surface area (Å²) in [7, 11) is 0. The third kappa shape index (κ3) is 9.37. The summed E-state index contributed by atoms with van der Waals surface area (Å²) in [5.74, 6) is -2.28. The van der Waals surface area contributed by atoms with Crippen LogP contribution in [0.3, 0.4) is 0 Å². The van der Waals surface area contributed by atoms with Crippen LogP contribution in [-0.2, 0) is 25.3 Å². The Hall–Kier alpha value is -5.14. The molecule has 304 valence electrons. The highest BCUT2D eigenvalue weighted by Crippen LogP contribution is 2.42. The van der Waals surface area contributed by atoms with Crippen molar-refractivity contribution >= 4 is 46.4 Å². The second-order valence-corrected chi connectivity index (χ2v) is 16.0. The largest absolute Gasteiger partial charge is 0.494 e. The van der Waals surface area contributed by atoms with Gasteiger partial charge in [0.05, 0.1) is 41.5 Å². The molecule has 2 aliphatic rings. The number of aromatic nitrogens is 1. The number of carbonyl (C=O) groups excluding carboxylic acids is 3. The number of nitrogens with zero attached hydrogens (tertiary/aromatic N) is 5. The van der Waals surface area contributed by atoms with Crippen LogP contribution >= 0.6 is 12.2 Å². The maximum Gasteiger partial charge on any atom is 0.420 e. The molecule has 1 aromatic heterocycles. The number of alkyl halides is 3. The Morgan fingerprint density at radius 3 is 2.33 bits per heavy atom. The number of hydrogen-bond acceptors (Lipinski definition) is 8. The molecule has 2 unspecified atom stereocenters. The van der Waals surface area contributed by atoms with E-state index in [4.69, 9.17) is 27.0 Å². The number of pyridine rings is 1. The number of nitrogens with one attached hydrogen (secondary N) is 1. The van der Waals surface area contributed by atoms with Gasteiger partial charge in [-0.3, -0.25) is 24.3 Å². The van der Waals surface area contributed by atoms with Gasteiger partial charge in [0.2, 0.25) is 11.8 Å². The Balaban J connectivity index is 1.11. The Labute approximate surface area is 334 Å². The summed E-state index contributed by atoms with van der Waals surface area (Å²) in [5, 5.41) is 11.8. The van der Waals surface area contributed by atoms with Crippen molar-refractivity contribution in [1.82, 2.24) is 15.2 Å². The van der Waals surface area contributed by atoms with Crippen LogP contribution in [0.15, 0.2) is 54.7 Å². The fourth-order valence-electron chi connectivity index (χ4n) is 6.90. The number of halogens is 4. The Kier molecular flexibility index (Phi) is 12.9. The van der Waals surface area contributed by atoms with Gasteiger partial charge >= 0.3 is 6.18 Å². The lowest BCUT2D eigenvalue weighted by Crippen LogP contribution is -2.56. The smallest absolute Gasteiger partial charge is 0.420 e. The van der Waals surface area contributed by atoms with Crippen molar-refractivity contribution in [3.63, 3.8) is 0 Å². The molecule has 11 nitrogen and oxygen atoms in total. The zero-order chi connectivity index (χ0) is 41.9. The average molecular weight is 811 g/mol. The number of amides is 3. The number of anilines is 2. The van der Waals surface area contributed by atoms with E-state index in [1.165, 1.54) is 31.0 Å². The van der Waals surface area contributed by atoms with Crippen molar-refractivity contribution in [1.29, 1.82) is 5.26 Å². The van der Waals surface area contributed by atoms with Gasteiger partial charge in [-0.25, -0.2) is 4.39 Å². The van der Waals surface area contributed by atoms with Crippen molar-refractivity contribution in [2.45, 2.75) is 91.0 Å². The summed E-state index contributed by atoms with van der Waals surface area (Å²) >= 11 is 5.52. The number of ether oxygens (including phenoxy) is 2. The van der Waals surface area contributed by atoms with Gasteiger partial charge in [0.1, 0.15) is 29.5 Å². The minimum absolute atomic E-state index is 0.0576. The molecule has 0 aliphatic carbocycles. The number of carbonyl (C=O) groups is 3. The van der Waals surface area contributed by atoms with Crippen LogP contribution in [0.1, 0.15) is 78.4 Å². The Bertz CT molecular complexity index is 2030. The lowest BCUT2D eigenvalue weighted by Gasteiger charge is -2.35. The Morgan fingerprint density at radius 2 is 1.75 bits per heavy atom. The standard InChI is InChI=1S/C41H46F4N6O5S/c1-25-10-9-19-49(25)36(53)35(39(2,3)4)48-32(52)24-55-20-7-8-21-56-29-15-11-26(12-16-29)30-17-14-28(23-47-30)51-38(57)50(37(54)40(51,5)6)31-18-13-27(22-46)33(34(31)42)41(43,44)45/h11-18,23,25,35H,7-10,19-21,24H2,1-6H3,(H,48,52). The first-order valence-corrected chi connectivity index (χ1v) is 19.0. The van der Waals surface area contributed by atoms with Crippen molar-refractivity contribution in [3.05, 3.63) is 71.7 Å². The van der Waals surface area contributed by atoms with Gasteiger partial charge in [0.15, 0.2) is 10.9 Å². The normalized spacial score (nSPS) is 17.5. The molecule has 2 aliphatic heterocycles. The molecule has 0 radical (unpaired) electrons. The minimum atomic E-state index is -5.18. The molecule has 16 heteroatoms. The zero-order valence-corrected chi connectivity index (χ0v) is 33.5. The van der Waals surface area contributed by atoms with Gasteiger partial charge in [-0.15, -0.1) is 0 Å². The number of hydrogen-bond donors (Lipinski definition) is 1. The van der Waals surface area contributed by atoms with Gasteiger partial charge in [0, 0.05) is 24.8 Å². The minimum Gasteiger partial charge on any atom is -0.494 e. The van der Waals surface area contributed by atoms with Crippen molar-refractivity contribution < 1.29 is 41.4 Å². The second kappa shape index (κ2) is 17.2. The average Bonchev–Trinajstić information content (AvgIpc) is 3.65. The predicted molar refractivity (Wildman–Crippen MR) is 210 cm³/mol. The van der Waals surface area contributed by atoms with E-state index in [1.807, 2.05) is 44.7 Å². The molecule has 0 saturated carbocycles. The molecule has 3 aromatic rings. The van der Waals surface area contributed by atoms with Crippen LogP contribution in [0, 0.1) is 22.6 Å². The highest BCUT2D eigenvalue weighted by atomic mass is 32.1. The van der Waals surface area contributed by atoms with Crippen LogP contribution < -0.4 is 19.9 Å². The van der Waals surface area contributed by atoms with Gasteiger partial charge < -0.3 is 24.6 Å². The molecule has 0 spiro atoms. The lowest BCUT2D eigenvalue weighted by molar-refractivity contribution is -0.141. The van der Waals surface area contributed by atoms with Crippen molar-refractivity contribution in [3.8, 4) is 23.1 Å². The van der Waals surface area contributed by atoms with E-state index in [9.17, 15) is 27.6 Å². The van der Waals surface area contributed by atoms with Crippen LogP contribution in [0.25, 0.3) is 11.3 Å². The molecule has 2 saturated heterocycles. The van der Waals surface area contributed by atoms with E-state index in [-0.39, 0.29) is 29.6 Å². The first kappa shape index (κ1) is 43.0. The number of thiocarbonyl (C=S) groups is 1. The molecule has 2 atom stereocenters. The summed E-state index contributed by atoms with van der Waals surface area (Å²) in [6.07, 6.45) is -0.456. The molecular formula is C41H46F4N6O5S. The first-order chi connectivity index (χ1) is 26.8. The van der Waals surface area contributed by atoms with E-state index in [1.54, 1.807) is 24.3 Å². The van der Waals surface area contributed by atoms with Gasteiger partial charge in [0.25, 0.3) is 5.91 Å². The maximum atomic E-state index is 15.4. The molecule has 2 fully saturated rings. The summed E-state index contributed by atoms with van der Waals surface area (Å²) < 4.78 is 67.9. The molecular weight excluding hydrogens is 765 g/mol. The van der Waals surface area contributed by atoms with E-state index < -0.39 is 51.7 Å². The van der Waals surface area contributed by atoms with Crippen LogP contribution in [0.4, 0.5) is 28.9 Å². The first-order valence-electron chi connectivity index (χ1n) is 18.6. The van der Waals surface area contributed by atoms with Crippen LogP contribution in [0.5, 0.6) is 5.75 Å². The summed E-state index contributed by atoms with van der Waals surface area (Å²) in [4.78, 5) is 47.8. The number of rotatable bonds is 13. The fourth-order valence-corrected chi connectivity index (χ4v) is 7.41. The lowest BCUT2D eigenvalue weighted by atomic mass is 9.85. The third-order valence-corrected chi connectivity index (χ3v) is 10.4. The summed E-state index contributed by atoms with van der Waals surface area (Å²) in [6.45, 7) is 12.2. The third-order valence-electron chi connectivity index (χ3n) is 10.0. The van der Waals surface area contributed by atoms with Crippen LogP contribution in [0.2, 0.25) is 0 Å². The second-order valence-electron chi connectivity index (χ2n) is 15.7. The predicted octanol–water partition coefficient (Wildman–Crippen LogP) is 7.41. The number of unbranched alkanes of at least 4 members (excludes halogenated alkanes) is 1. The van der Waals surface area contributed by atoms with E-state index >= 15 is 4.39 Å². The van der Waals surface area contributed by atoms with Crippen molar-refractivity contribution in [2.24, 2.45) is 5.41 Å². The van der Waals surface area contributed by atoms with Gasteiger partial charge in [-0.1, -0.05) is 20.8 Å². The zero-order valence-electron chi connectivity index (χ0n) is 32.7. The van der Waals surface area contributed by atoms with Gasteiger partial charge in [-0.05, 0) is 113 Å². The van der Waals surface area contributed by atoms with Crippen LogP contribution in [-0.4, -0.2) is 76.7 Å². The van der Waals surface area contributed by atoms with E-state index in [2.05, 4.69) is 10.3 Å². The molecule has 3 amide bonds. The quantitative estimate of drug-likeness (QED) is 0.107. The maximum absolute atomic E-state index is 15.4. The number of nitriles is 1. The topological polar surface area (TPSA) is 128 Å². The highest BCUT2D eigenvalue weighted by molar-refractivity contribution is 7.81. The SMILES string of the molecule is CC1CCCN1C(=O)C(NC(=O)COCCCCOc1ccc(-c2ccc(N3C(=S)N(c4ccc(C#N)c(C(F)(F)F)c4F)C(=O)C3(C)C)cn2)cc1)C(C)(C)C. The molecule has 0 bridgehead atoms. The molecule has 1 N–H and O–H groups in total. The summed E-state index contributed by atoms with van der Waals surface area (Å²) in [5.41, 5.74) is -3.56. The molecule has 3 heterocycles. The molecule has 2 aromatic carbocycles. The number of benzene rings is 2.